The van der Waals surface area contributed by atoms with Gasteiger partial charge in [-0.15, -0.1) is 0 Å². The predicted molar refractivity (Wildman–Crippen MR) is 96.7 cm³/mol. The van der Waals surface area contributed by atoms with Crippen LogP contribution in [0.4, 0.5) is 0 Å². The standard InChI is InChI=1S/C21H24O4/c1-15(21(24-16(2)22)25-17(3)23)9-10-18-11-13-20(14-12-18)19-7-5-4-6-8-19/h4-8,11-15,21H,9-10H2,1-3H3. The highest BCUT2D eigenvalue weighted by Gasteiger charge is 2.23. The zero-order valence-electron chi connectivity index (χ0n) is 14.9. The summed E-state index contributed by atoms with van der Waals surface area (Å²) in [6.45, 7) is 4.53. The highest BCUT2D eigenvalue weighted by molar-refractivity contribution is 5.68. The fraction of sp³-hybridized carbons (Fsp3) is 0.333. The van der Waals surface area contributed by atoms with Gasteiger partial charge in [-0.3, -0.25) is 9.59 Å². The van der Waals surface area contributed by atoms with Crippen LogP contribution >= 0.6 is 0 Å². The number of rotatable bonds is 7. The van der Waals surface area contributed by atoms with Crippen LogP contribution in [0, 0.1) is 5.92 Å². The molecule has 0 aromatic heterocycles. The summed E-state index contributed by atoms with van der Waals surface area (Å²) < 4.78 is 10.2. The summed E-state index contributed by atoms with van der Waals surface area (Å²) in [5.74, 6) is -0.989. The zero-order chi connectivity index (χ0) is 18.2. The molecule has 0 saturated carbocycles. The van der Waals surface area contributed by atoms with Crippen molar-refractivity contribution >= 4 is 11.9 Å². The van der Waals surface area contributed by atoms with Gasteiger partial charge in [-0.2, -0.15) is 0 Å². The molecule has 0 aliphatic rings. The molecule has 0 N–H and O–H groups in total. The molecule has 0 bridgehead atoms. The first-order valence-electron chi connectivity index (χ1n) is 8.44. The van der Waals surface area contributed by atoms with Crippen molar-refractivity contribution in [2.24, 2.45) is 5.92 Å². The van der Waals surface area contributed by atoms with E-state index in [2.05, 4.69) is 36.4 Å². The number of hydrogen-bond donors (Lipinski definition) is 0. The summed E-state index contributed by atoms with van der Waals surface area (Å²) in [6, 6.07) is 18.6. The van der Waals surface area contributed by atoms with Crippen LogP contribution in [0.2, 0.25) is 0 Å². The number of ether oxygens (including phenoxy) is 2. The first-order chi connectivity index (χ1) is 12.0. The molecule has 2 aromatic rings. The predicted octanol–water partition coefficient (Wildman–Crippen LogP) is 4.37. The van der Waals surface area contributed by atoms with E-state index in [1.54, 1.807) is 0 Å². The smallest absolute Gasteiger partial charge is 0.305 e. The quantitative estimate of drug-likeness (QED) is 0.554. The van der Waals surface area contributed by atoms with Crippen molar-refractivity contribution in [3.05, 3.63) is 60.2 Å². The maximum Gasteiger partial charge on any atom is 0.305 e. The van der Waals surface area contributed by atoms with Gasteiger partial charge in [-0.1, -0.05) is 61.5 Å². The van der Waals surface area contributed by atoms with Crippen LogP contribution in [0.3, 0.4) is 0 Å². The minimum absolute atomic E-state index is 0.0819. The van der Waals surface area contributed by atoms with Gasteiger partial charge in [0, 0.05) is 19.8 Å². The van der Waals surface area contributed by atoms with Crippen LogP contribution in [-0.4, -0.2) is 18.2 Å². The molecule has 0 heterocycles. The number of hydrogen-bond acceptors (Lipinski definition) is 4. The highest BCUT2D eigenvalue weighted by atomic mass is 16.7. The van der Waals surface area contributed by atoms with E-state index in [0.717, 1.165) is 12.8 Å². The second-order valence-electron chi connectivity index (χ2n) is 6.17. The number of esters is 2. The number of benzene rings is 2. The summed E-state index contributed by atoms with van der Waals surface area (Å²) >= 11 is 0. The number of carbonyl (C=O) groups excluding carboxylic acids is 2. The molecular weight excluding hydrogens is 316 g/mol. The lowest BCUT2D eigenvalue weighted by Gasteiger charge is -2.22. The van der Waals surface area contributed by atoms with Crippen molar-refractivity contribution in [2.75, 3.05) is 0 Å². The maximum absolute atomic E-state index is 11.2. The van der Waals surface area contributed by atoms with E-state index in [9.17, 15) is 9.59 Å². The molecule has 0 saturated heterocycles. The third-order valence-corrected chi connectivity index (χ3v) is 3.98. The average Bonchev–Trinajstić information content (AvgIpc) is 2.59. The fourth-order valence-electron chi connectivity index (χ4n) is 2.61. The topological polar surface area (TPSA) is 52.6 Å². The van der Waals surface area contributed by atoms with Crippen molar-refractivity contribution in [1.29, 1.82) is 0 Å². The Labute approximate surface area is 148 Å². The van der Waals surface area contributed by atoms with E-state index in [1.807, 2.05) is 25.1 Å². The van der Waals surface area contributed by atoms with Crippen LogP contribution in [0.25, 0.3) is 11.1 Å². The Hall–Kier alpha value is -2.62. The molecule has 1 atom stereocenters. The monoisotopic (exact) mass is 340 g/mol. The fourth-order valence-corrected chi connectivity index (χ4v) is 2.61. The Morgan fingerprint density at radius 3 is 1.88 bits per heavy atom. The molecule has 0 amide bonds. The summed E-state index contributed by atoms with van der Waals surface area (Å²) in [4.78, 5) is 22.3. The van der Waals surface area contributed by atoms with Gasteiger partial charge >= 0.3 is 11.9 Å². The Morgan fingerprint density at radius 2 is 1.36 bits per heavy atom. The van der Waals surface area contributed by atoms with E-state index < -0.39 is 18.2 Å². The Morgan fingerprint density at radius 1 is 0.840 bits per heavy atom. The summed E-state index contributed by atoms with van der Waals surface area (Å²) in [6.07, 6.45) is 0.726. The molecule has 0 fully saturated rings. The van der Waals surface area contributed by atoms with Gasteiger partial charge in [0.05, 0.1) is 0 Å². The second kappa shape index (κ2) is 9.02. The minimum atomic E-state index is -0.835. The van der Waals surface area contributed by atoms with Crippen LogP contribution in [0.15, 0.2) is 54.6 Å². The molecule has 0 aliphatic heterocycles. The van der Waals surface area contributed by atoms with E-state index in [1.165, 1.54) is 30.5 Å². The first-order valence-corrected chi connectivity index (χ1v) is 8.44. The molecular formula is C21H24O4. The molecule has 2 rings (SSSR count). The first kappa shape index (κ1) is 18.7. The summed E-state index contributed by atoms with van der Waals surface area (Å²) in [5, 5.41) is 0. The summed E-state index contributed by atoms with van der Waals surface area (Å²) in [5.41, 5.74) is 3.55. The van der Waals surface area contributed by atoms with E-state index >= 15 is 0 Å². The van der Waals surface area contributed by atoms with Gasteiger partial charge < -0.3 is 9.47 Å². The Kier molecular flexibility index (Phi) is 6.75. The lowest BCUT2D eigenvalue weighted by molar-refractivity contribution is -0.194. The largest absolute Gasteiger partial charge is 0.425 e. The lowest BCUT2D eigenvalue weighted by atomic mass is 9.98. The molecule has 25 heavy (non-hydrogen) atoms. The molecule has 1 unspecified atom stereocenters. The molecule has 0 aliphatic carbocycles. The molecule has 132 valence electrons. The van der Waals surface area contributed by atoms with E-state index in [-0.39, 0.29) is 5.92 Å². The number of carbonyl (C=O) groups is 2. The summed E-state index contributed by atoms with van der Waals surface area (Å²) in [7, 11) is 0. The van der Waals surface area contributed by atoms with Gasteiger partial charge in [-0.25, -0.2) is 0 Å². The SMILES string of the molecule is CC(=O)OC(OC(C)=O)C(C)CCc1ccc(-c2ccccc2)cc1. The lowest BCUT2D eigenvalue weighted by Crippen LogP contribution is -2.29. The maximum atomic E-state index is 11.2. The van der Waals surface area contributed by atoms with E-state index in [0.29, 0.717) is 0 Å². The van der Waals surface area contributed by atoms with Gasteiger partial charge in [0.1, 0.15) is 0 Å². The van der Waals surface area contributed by atoms with Crippen LogP contribution in [-0.2, 0) is 25.5 Å². The Bertz CT molecular complexity index is 676. The third kappa shape index (κ3) is 6.07. The number of aryl methyl sites for hydroxylation is 1. The van der Waals surface area contributed by atoms with Gasteiger partial charge in [-0.05, 0) is 29.5 Å². The molecule has 2 aromatic carbocycles. The van der Waals surface area contributed by atoms with Gasteiger partial charge in [0.2, 0.25) is 6.29 Å². The van der Waals surface area contributed by atoms with E-state index in [4.69, 9.17) is 9.47 Å². The van der Waals surface area contributed by atoms with Crippen molar-refractivity contribution in [2.45, 2.75) is 39.9 Å². The highest BCUT2D eigenvalue weighted by Crippen LogP contribution is 2.21. The van der Waals surface area contributed by atoms with Crippen molar-refractivity contribution in [3.63, 3.8) is 0 Å². The van der Waals surface area contributed by atoms with Gasteiger partial charge in [0.15, 0.2) is 0 Å². The van der Waals surface area contributed by atoms with Crippen molar-refractivity contribution < 1.29 is 19.1 Å². The zero-order valence-corrected chi connectivity index (χ0v) is 14.9. The van der Waals surface area contributed by atoms with Crippen LogP contribution in [0.1, 0.15) is 32.8 Å². The molecule has 0 radical (unpaired) electrons. The third-order valence-electron chi connectivity index (χ3n) is 3.98. The van der Waals surface area contributed by atoms with Gasteiger partial charge in [0.25, 0.3) is 0 Å². The minimum Gasteiger partial charge on any atom is -0.425 e. The van der Waals surface area contributed by atoms with Crippen molar-refractivity contribution in [1.82, 2.24) is 0 Å². The van der Waals surface area contributed by atoms with Crippen molar-refractivity contribution in [3.8, 4) is 11.1 Å². The molecule has 4 heteroatoms. The Balaban J connectivity index is 1.95. The van der Waals surface area contributed by atoms with Crippen LogP contribution in [0.5, 0.6) is 0 Å². The average molecular weight is 340 g/mol. The molecule has 4 nitrogen and oxygen atoms in total. The molecule has 0 spiro atoms. The van der Waals surface area contributed by atoms with Crippen LogP contribution < -0.4 is 0 Å². The normalized spacial score (nSPS) is 11.8. The second-order valence-corrected chi connectivity index (χ2v) is 6.17.